The van der Waals surface area contributed by atoms with Crippen molar-refractivity contribution in [1.29, 1.82) is 0 Å². The molecule has 9 heteroatoms. The Labute approximate surface area is 170 Å². The molecule has 0 atom stereocenters. The number of nitrogens with zero attached hydrogens (tertiary/aromatic N) is 6. The Morgan fingerprint density at radius 1 is 0.931 bits per heavy atom. The largest absolute Gasteiger partial charge is 0.378 e. The smallest absolute Gasteiger partial charge is 0.353 e. The van der Waals surface area contributed by atoms with E-state index >= 15 is 0 Å². The van der Waals surface area contributed by atoms with Crippen LogP contribution in [-0.2, 0) is 6.54 Å². The maximum Gasteiger partial charge on any atom is 0.353 e. The van der Waals surface area contributed by atoms with Crippen molar-refractivity contribution in [3.05, 3.63) is 46.0 Å². The van der Waals surface area contributed by atoms with E-state index in [0.29, 0.717) is 11.8 Å². The van der Waals surface area contributed by atoms with Crippen LogP contribution in [0, 0.1) is 10.1 Å². The number of hydrogen-bond donors (Lipinski definition) is 1. The molecule has 0 saturated carbocycles. The predicted octanol–water partition coefficient (Wildman–Crippen LogP) is 2.28. The number of nitrogens with two attached hydrogens (primary N) is 1. The first kappa shape index (κ1) is 19.4. The van der Waals surface area contributed by atoms with Gasteiger partial charge in [0, 0.05) is 45.8 Å². The van der Waals surface area contributed by atoms with Crippen molar-refractivity contribution < 1.29 is 4.92 Å². The average molecular weight is 397 g/mol. The summed E-state index contributed by atoms with van der Waals surface area (Å²) in [7, 11) is 0. The number of hydrogen-bond acceptors (Lipinski definition) is 8. The van der Waals surface area contributed by atoms with Crippen LogP contribution in [0.15, 0.2) is 30.3 Å². The van der Waals surface area contributed by atoms with Crippen LogP contribution in [-0.4, -0.2) is 59.1 Å². The Morgan fingerprint density at radius 2 is 1.62 bits per heavy atom. The number of nitrogen functional groups attached to an aromatic ring is 1. The molecule has 4 rings (SSSR count). The summed E-state index contributed by atoms with van der Waals surface area (Å²) >= 11 is 0. The SMILES string of the molecule is Nc1nc(N2CCN(Cc3ccccc3)CC2)nc(N2CCCCC2)c1[N+](=O)[O-]. The summed E-state index contributed by atoms with van der Waals surface area (Å²) in [5.41, 5.74) is 7.14. The zero-order valence-electron chi connectivity index (χ0n) is 16.5. The topological polar surface area (TPSA) is 105 Å². The minimum absolute atomic E-state index is 0.0488. The van der Waals surface area contributed by atoms with Gasteiger partial charge in [0.05, 0.1) is 4.92 Å². The van der Waals surface area contributed by atoms with Gasteiger partial charge in [-0.2, -0.15) is 9.97 Å². The number of piperidine rings is 1. The van der Waals surface area contributed by atoms with Crippen LogP contribution in [0.2, 0.25) is 0 Å². The van der Waals surface area contributed by atoms with Crippen molar-refractivity contribution in [2.24, 2.45) is 0 Å². The van der Waals surface area contributed by atoms with Crippen LogP contribution in [0.5, 0.6) is 0 Å². The lowest BCUT2D eigenvalue weighted by Gasteiger charge is -2.35. The third-order valence-corrected chi connectivity index (χ3v) is 5.62. The molecule has 3 heterocycles. The van der Waals surface area contributed by atoms with E-state index in [1.165, 1.54) is 5.56 Å². The minimum Gasteiger partial charge on any atom is -0.378 e. The Balaban J connectivity index is 1.50. The molecule has 29 heavy (non-hydrogen) atoms. The maximum atomic E-state index is 11.6. The highest BCUT2D eigenvalue weighted by molar-refractivity contribution is 5.71. The van der Waals surface area contributed by atoms with Gasteiger partial charge in [0.2, 0.25) is 17.6 Å². The summed E-state index contributed by atoms with van der Waals surface area (Å²) in [5, 5.41) is 11.6. The third kappa shape index (κ3) is 4.40. The van der Waals surface area contributed by atoms with Gasteiger partial charge in [-0.05, 0) is 24.8 Å². The highest BCUT2D eigenvalue weighted by atomic mass is 16.6. The van der Waals surface area contributed by atoms with Crippen LogP contribution in [0.25, 0.3) is 0 Å². The Bertz CT molecular complexity index is 847. The predicted molar refractivity (Wildman–Crippen MR) is 113 cm³/mol. The van der Waals surface area contributed by atoms with E-state index in [9.17, 15) is 10.1 Å². The first-order valence-corrected chi connectivity index (χ1v) is 10.2. The van der Waals surface area contributed by atoms with E-state index in [1.54, 1.807) is 0 Å². The van der Waals surface area contributed by atoms with Gasteiger partial charge in [0.25, 0.3) is 0 Å². The molecule has 0 bridgehead atoms. The number of benzene rings is 1. The summed E-state index contributed by atoms with van der Waals surface area (Å²) in [6.07, 6.45) is 3.16. The Kier molecular flexibility index (Phi) is 5.75. The second kappa shape index (κ2) is 8.60. The molecule has 0 spiro atoms. The number of piperazine rings is 1. The van der Waals surface area contributed by atoms with Gasteiger partial charge in [-0.25, -0.2) is 0 Å². The molecule has 2 saturated heterocycles. The van der Waals surface area contributed by atoms with E-state index in [4.69, 9.17) is 5.73 Å². The van der Waals surface area contributed by atoms with Gasteiger partial charge in [-0.3, -0.25) is 15.0 Å². The van der Waals surface area contributed by atoms with Gasteiger partial charge in [0.1, 0.15) is 0 Å². The fourth-order valence-corrected chi connectivity index (χ4v) is 4.04. The minimum atomic E-state index is -0.457. The molecule has 2 aliphatic rings. The van der Waals surface area contributed by atoms with Gasteiger partial charge in [-0.15, -0.1) is 0 Å². The fraction of sp³-hybridized carbons (Fsp3) is 0.500. The average Bonchev–Trinajstić information content (AvgIpc) is 2.75. The summed E-state index contributed by atoms with van der Waals surface area (Å²) in [6, 6.07) is 10.4. The summed E-state index contributed by atoms with van der Waals surface area (Å²) in [4.78, 5) is 26.5. The molecule has 2 N–H and O–H groups in total. The van der Waals surface area contributed by atoms with Crippen LogP contribution in [0.1, 0.15) is 24.8 Å². The molecule has 0 amide bonds. The normalized spacial score (nSPS) is 18.1. The number of aromatic nitrogens is 2. The summed E-state index contributed by atoms with van der Waals surface area (Å²) < 4.78 is 0. The van der Waals surface area contributed by atoms with Gasteiger partial charge in [-0.1, -0.05) is 30.3 Å². The molecule has 2 fully saturated rings. The van der Waals surface area contributed by atoms with E-state index in [1.807, 2.05) is 11.0 Å². The quantitative estimate of drug-likeness (QED) is 0.605. The molecular weight excluding hydrogens is 370 g/mol. The van der Waals surface area contributed by atoms with E-state index in [2.05, 4.69) is 44.0 Å². The lowest BCUT2D eigenvalue weighted by Crippen LogP contribution is -2.46. The molecule has 154 valence electrons. The Morgan fingerprint density at radius 3 is 2.28 bits per heavy atom. The molecule has 2 aliphatic heterocycles. The number of anilines is 3. The van der Waals surface area contributed by atoms with Crippen LogP contribution >= 0.6 is 0 Å². The molecule has 0 radical (unpaired) electrons. The van der Waals surface area contributed by atoms with E-state index in [0.717, 1.165) is 65.1 Å². The molecule has 1 aromatic heterocycles. The number of rotatable bonds is 5. The molecule has 2 aromatic rings. The Hall–Kier alpha value is -2.94. The van der Waals surface area contributed by atoms with E-state index in [-0.39, 0.29) is 11.5 Å². The highest BCUT2D eigenvalue weighted by Crippen LogP contribution is 2.34. The van der Waals surface area contributed by atoms with Gasteiger partial charge >= 0.3 is 5.69 Å². The van der Waals surface area contributed by atoms with Gasteiger partial charge < -0.3 is 15.5 Å². The summed E-state index contributed by atoms with van der Waals surface area (Å²) in [6.45, 7) is 5.75. The highest BCUT2D eigenvalue weighted by Gasteiger charge is 2.30. The first-order chi connectivity index (χ1) is 14.1. The van der Waals surface area contributed by atoms with Gasteiger partial charge in [0.15, 0.2) is 0 Å². The van der Waals surface area contributed by atoms with Crippen molar-refractivity contribution >= 4 is 23.3 Å². The second-order valence-electron chi connectivity index (χ2n) is 7.63. The lowest BCUT2D eigenvalue weighted by atomic mass is 10.1. The van der Waals surface area contributed by atoms with Crippen LogP contribution < -0.4 is 15.5 Å². The second-order valence-corrected chi connectivity index (χ2v) is 7.63. The van der Waals surface area contributed by atoms with Crippen molar-refractivity contribution in [3.63, 3.8) is 0 Å². The third-order valence-electron chi connectivity index (χ3n) is 5.62. The van der Waals surface area contributed by atoms with Crippen molar-refractivity contribution in [2.75, 3.05) is 54.8 Å². The zero-order valence-corrected chi connectivity index (χ0v) is 16.5. The molecule has 0 aliphatic carbocycles. The van der Waals surface area contributed by atoms with Crippen molar-refractivity contribution in [3.8, 4) is 0 Å². The zero-order chi connectivity index (χ0) is 20.2. The molecular formula is C20H27N7O2. The molecule has 0 unspecified atom stereocenters. The van der Waals surface area contributed by atoms with Crippen LogP contribution in [0.4, 0.5) is 23.3 Å². The monoisotopic (exact) mass is 397 g/mol. The number of nitro groups is 1. The molecule has 9 nitrogen and oxygen atoms in total. The lowest BCUT2D eigenvalue weighted by molar-refractivity contribution is -0.383. The standard InChI is InChI=1S/C20H27N7O2/c21-18-17(27(28)29)19(25-9-5-2-6-10-25)23-20(22-18)26-13-11-24(12-14-26)15-16-7-3-1-4-8-16/h1,3-4,7-8H,2,5-6,9-15H2,(H2,21,22,23). The maximum absolute atomic E-state index is 11.6. The fourth-order valence-electron chi connectivity index (χ4n) is 4.04. The van der Waals surface area contributed by atoms with Crippen molar-refractivity contribution in [1.82, 2.24) is 14.9 Å². The van der Waals surface area contributed by atoms with Crippen LogP contribution in [0.3, 0.4) is 0 Å². The van der Waals surface area contributed by atoms with E-state index < -0.39 is 4.92 Å². The first-order valence-electron chi connectivity index (χ1n) is 10.2. The molecule has 1 aromatic carbocycles. The summed E-state index contributed by atoms with van der Waals surface area (Å²) in [5.74, 6) is 0.809. The van der Waals surface area contributed by atoms with Crippen molar-refractivity contribution in [2.45, 2.75) is 25.8 Å².